The van der Waals surface area contributed by atoms with Gasteiger partial charge in [0.15, 0.2) is 6.79 Å². The summed E-state index contributed by atoms with van der Waals surface area (Å²) in [4.78, 5) is 20.0. The van der Waals surface area contributed by atoms with Crippen LogP contribution < -0.4 is 24.4 Å². The number of aromatic nitrogens is 3. The fraction of sp³-hybridized carbons (Fsp3) is 0.528. The van der Waals surface area contributed by atoms with Crippen LogP contribution in [-0.2, 0) is 11.2 Å². The molecule has 2 bridgehead atoms. The number of nitrogens with one attached hydrogen (secondary N) is 1. The van der Waals surface area contributed by atoms with Crippen molar-refractivity contribution in [2.45, 2.75) is 75.3 Å². The molecular formula is C36H41FN6O4. The molecule has 0 aliphatic carbocycles. The molecular weight excluding hydrogens is 599 g/mol. The minimum Gasteiger partial charge on any atom is -0.475 e. The van der Waals surface area contributed by atoms with E-state index in [1.165, 1.54) is 5.56 Å². The van der Waals surface area contributed by atoms with Gasteiger partial charge in [-0.2, -0.15) is 9.97 Å². The lowest BCUT2D eigenvalue weighted by Gasteiger charge is -2.40. The molecule has 1 N–H and O–H groups in total. The Morgan fingerprint density at radius 2 is 2.02 bits per heavy atom. The number of hydrogen-bond acceptors (Lipinski definition) is 10. The van der Waals surface area contributed by atoms with Crippen LogP contribution in [-0.4, -0.2) is 96.4 Å². The van der Waals surface area contributed by atoms with Crippen molar-refractivity contribution in [2.24, 2.45) is 0 Å². The maximum atomic E-state index is 14.6. The molecule has 4 fully saturated rings. The lowest BCUT2D eigenvalue weighted by Crippen LogP contribution is -2.60. The molecule has 4 aromatic rings. The number of ether oxygens (including phenoxy) is 4. The molecule has 5 aliphatic heterocycles. The van der Waals surface area contributed by atoms with Gasteiger partial charge in [-0.15, -0.1) is 0 Å². The second-order valence-electron chi connectivity index (χ2n) is 13.9. The lowest BCUT2D eigenvalue weighted by atomic mass is 9.95. The van der Waals surface area contributed by atoms with Crippen LogP contribution in [0.15, 0.2) is 36.4 Å². The van der Waals surface area contributed by atoms with Crippen LogP contribution in [0.1, 0.15) is 44.6 Å². The number of nitrogens with zero attached hydrogens (tertiary/aromatic N) is 5. The van der Waals surface area contributed by atoms with Crippen molar-refractivity contribution >= 4 is 27.5 Å². The van der Waals surface area contributed by atoms with Gasteiger partial charge in [-0.3, -0.25) is 4.90 Å². The van der Waals surface area contributed by atoms with Gasteiger partial charge in [0, 0.05) is 44.3 Å². The second-order valence-corrected chi connectivity index (χ2v) is 13.9. The van der Waals surface area contributed by atoms with Crippen LogP contribution in [0.25, 0.3) is 32.9 Å². The standard InChI is InChI=1S/C36H41FN6O4/c1-3-21-6-4-7-22-12-25(47-20-44-2)13-26(31(21)22)28-14-29-32-33(43-17-24-8-9-27(38-24)30(43)18-45-34(32)39-28)41-35(40-29)46-19-36-10-5-11-42(36)16-23(37)15-36/h4,6-7,12-14,23-24,27,30,38H,3,5,8-11,15-20H2,1-2H3/t23-,24+,27-,30?,36+/m1/s1. The summed E-state index contributed by atoms with van der Waals surface area (Å²) in [6.45, 7) is 5.41. The number of anilines is 1. The third-order valence-corrected chi connectivity index (χ3v) is 11.1. The van der Waals surface area contributed by atoms with Gasteiger partial charge in [-0.05, 0) is 73.2 Å². The minimum absolute atomic E-state index is 0.113. The van der Waals surface area contributed by atoms with Crippen LogP contribution in [0.2, 0.25) is 0 Å². The van der Waals surface area contributed by atoms with E-state index < -0.39 is 6.17 Å². The molecule has 11 heteroatoms. The summed E-state index contributed by atoms with van der Waals surface area (Å²) < 4.78 is 38.9. The maximum absolute atomic E-state index is 14.6. The first-order chi connectivity index (χ1) is 23.0. The Bertz CT molecular complexity index is 1860. The summed E-state index contributed by atoms with van der Waals surface area (Å²) in [7, 11) is 1.62. The minimum atomic E-state index is -0.821. The average Bonchev–Trinajstić information content (AvgIpc) is 3.72. The number of rotatable bonds is 8. The van der Waals surface area contributed by atoms with Crippen molar-refractivity contribution in [1.82, 2.24) is 25.2 Å². The zero-order valence-electron chi connectivity index (χ0n) is 27.0. The van der Waals surface area contributed by atoms with Crippen molar-refractivity contribution in [3.8, 4) is 28.9 Å². The monoisotopic (exact) mass is 640 g/mol. The zero-order valence-corrected chi connectivity index (χ0v) is 27.0. The molecule has 5 aliphatic rings. The molecule has 9 rings (SSSR count). The van der Waals surface area contributed by atoms with Crippen LogP contribution in [0.5, 0.6) is 17.6 Å². The predicted molar refractivity (Wildman–Crippen MR) is 177 cm³/mol. The molecule has 2 aromatic carbocycles. The molecule has 2 aromatic heterocycles. The van der Waals surface area contributed by atoms with Gasteiger partial charge in [0.2, 0.25) is 5.88 Å². The summed E-state index contributed by atoms with van der Waals surface area (Å²) in [5.74, 6) is 2.05. The molecule has 1 unspecified atom stereocenters. The SMILES string of the molecule is CCc1cccc2cc(OCOC)cc(-c3cc4nc(OC[C@@]56CCCN5C[C@H](F)C6)nc5c4c(n3)OCC3[C@H]4CC[C@@H](CN53)N4)c12. The summed E-state index contributed by atoms with van der Waals surface area (Å²) in [5, 5.41) is 6.79. The smallest absolute Gasteiger partial charge is 0.319 e. The maximum Gasteiger partial charge on any atom is 0.319 e. The van der Waals surface area contributed by atoms with Crippen LogP contribution in [0, 0.1) is 0 Å². The molecule has 246 valence electrons. The van der Waals surface area contributed by atoms with E-state index >= 15 is 0 Å². The van der Waals surface area contributed by atoms with E-state index in [2.05, 4.69) is 40.2 Å². The predicted octanol–water partition coefficient (Wildman–Crippen LogP) is 5.05. The number of piperazine rings is 1. The van der Waals surface area contributed by atoms with Crippen molar-refractivity contribution in [2.75, 3.05) is 51.7 Å². The van der Waals surface area contributed by atoms with Crippen LogP contribution in [0.3, 0.4) is 0 Å². The first-order valence-electron chi connectivity index (χ1n) is 17.1. The van der Waals surface area contributed by atoms with Gasteiger partial charge in [0.05, 0.1) is 22.8 Å². The number of hydrogen-bond donors (Lipinski definition) is 1. The van der Waals surface area contributed by atoms with Crippen LogP contribution in [0.4, 0.5) is 10.2 Å². The van der Waals surface area contributed by atoms with Crippen molar-refractivity contribution < 1.29 is 23.3 Å². The van der Waals surface area contributed by atoms with E-state index in [1.54, 1.807) is 7.11 Å². The zero-order chi connectivity index (χ0) is 31.7. The third-order valence-electron chi connectivity index (χ3n) is 11.1. The Morgan fingerprint density at radius 3 is 2.91 bits per heavy atom. The van der Waals surface area contributed by atoms with Gasteiger partial charge in [0.1, 0.15) is 36.3 Å². The van der Waals surface area contributed by atoms with Gasteiger partial charge in [-0.1, -0.05) is 25.1 Å². The van der Waals surface area contributed by atoms with E-state index in [0.717, 1.165) is 83.9 Å². The fourth-order valence-electron chi connectivity index (χ4n) is 8.93. The van der Waals surface area contributed by atoms with E-state index in [-0.39, 0.29) is 18.4 Å². The number of pyridine rings is 1. The number of aryl methyl sites for hydroxylation is 1. The summed E-state index contributed by atoms with van der Waals surface area (Å²) >= 11 is 0. The molecule has 4 saturated heterocycles. The largest absolute Gasteiger partial charge is 0.475 e. The molecule has 0 saturated carbocycles. The quantitative estimate of drug-likeness (QED) is 0.264. The lowest BCUT2D eigenvalue weighted by molar-refractivity contribution is 0.0512. The first kappa shape index (κ1) is 29.3. The Labute approximate surface area is 273 Å². The van der Waals surface area contributed by atoms with E-state index in [9.17, 15) is 4.39 Å². The highest BCUT2D eigenvalue weighted by Gasteiger charge is 2.50. The molecule has 7 heterocycles. The summed E-state index contributed by atoms with van der Waals surface area (Å²) in [5.41, 5.74) is 3.33. The highest BCUT2D eigenvalue weighted by molar-refractivity contribution is 6.03. The Hall–Kier alpha value is -3.80. The van der Waals surface area contributed by atoms with E-state index in [4.69, 9.17) is 33.9 Å². The number of halogens is 1. The number of methoxy groups -OCH3 is 1. The fourth-order valence-corrected chi connectivity index (χ4v) is 8.93. The number of alkyl halides is 1. The average molecular weight is 641 g/mol. The van der Waals surface area contributed by atoms with Crippen LogP contribution >= 0.6 is 0 Å². The van der Waals surface area contributed by atoms with Crippen molar-refractivity contribution in [3.63, 3.8) is 0 Å². The molecule has 0 amide bonds. The van der Waals surface area contributed by atoms with Gasteiger partial charge >= 0.3 is 6.01 Å². The Morgan fingerprint density at radius 1 is 1.09 bits per heavy atom. The molecule has 10 nitrogen and oxygen atoms in total. The summed E-state index contributed by atoms with van der Waals surface area (Å²) in [6.07, 6.45) is 4.77. The van der Waals surface area contributed by atoms with Crippen molar-refractivity contribution in [1.29, 1.82) is 0 Å². The normalized spacial score (nSPS) is 27.9. The topological polar surface area (TPSA) is 94.1 Å². The molecule has 5 atom stereocenters. The van der Waals surface area contributed by atoms with Gasteiger partial charge < -0.3 is 29.2 Å². The van der Waals surface area contributed by atoms with Crippen molar-refractivity contribution in [3.05, 3.63) is 42.0 Å². The first-order valence-corrected chi connectivity index (χ1v) is 17.1. The van der Waals surface area contributed by atoms with E-state index in [1.807, 2.05) is 18.2 Å². The highest BCUT2D eigenvalue weighted by atomic mass is 19.1. The van der Waals surface area contributed by atoms with E-state index in [0.29, 0.717) is 55.9 Å². The van der Waals surface area contributed by atoms with Gasteiger partial charge in [-0.25, -0.2) is 9.37 Å². The van der Waals surface area contributed by atoms with Gasteiger partial charge in [0.25, 0.3) is 0 Å². The third kappa shape index (κ3) is 4.88. The second kappa shape index (κ2) is 11.4. The molecule has 47 heavy (non-hydrogen) atoms. The highest BCUT2D eigenvalue weighted by Crippen LogP contribution is 2.44. The number of fused-ring (bicyclic) bond motifs is 7. The molecule has 0 radical (unpaired) electrons. The Balaban J connectivity index is 1.20. The molecule has 0 spiro atoms. The summed E-state index contributed by atoms with van der Waals surface area (Å²) in [6, 6.07) is 13.6. The Kier molecular flexibility index (Phi) is 7.13. The number of benzene rings is 2.